The van der Waals surface area contributed by atoms with Gasteiger partial charge in [-0.25, -0.2) is 9.29 Å². The van der Waals surface area contributed by atoms with E-state index in [1.165, 1.54) is 51.4 Å². The van der Waals surface area contributed by atoms with Crippen LogP contribution in [0.1, 0.15) is 138 Å². The van der Waals surface area contributed by atoms with Crippen molar-refractivity contribution in [1.82, 2.24) is 0 Å². The standard InChI is InChI=1S/C19H25F8N.C16H36B/c1-3-5-7-8-12-17(22,23)18(24,25)19(26,27)28(13-6-4-2)15-11-9-10-14(20)16(15)21;1-5-9-13-17(14-10-6-2,15-11-7-3)16-12-8-4/h9-11H,3-8,12-13H2,1-2H3;5-16H2,1-4H3/q;-1/p+1. The summed E-state index contributed by atoms with van der Waals surface area (Å²) in [5.74, 6) is -14.0. The molecule has 1 rings (SSSR count). The highest BCUT2D eigenvalue weighted by atomic mass is 19.3. The normalized spacial score (nSPS) is 13.5. The fourth-order valence-electron chi connectivity index (χ4n) is 6.32. The van der Waals surface area contributed by atoms with E-state index in [0.29, 0.717) is 25.0 Å². The highest BCUT2D eigenvalue weighted by molar-refractivity contribution is 6.79. The number of quaternary nitrogens is 1. The van der Waals surface area contributed by atoms with E-state index in [-0.39, 0.29) is 31.8 Å². The molecule has 0 bridgehead atoms. The van der Waals surface area contributed by atoms with E-state index in [4.69, 9.17) is 0 Å². The first-order valence-corrected chi connectivity index (χ1v) is 17.8. The molecule has 0 heterocycles. The minimum Gasteiger partial charge on any atom is -0.234 e. The van der Waals surface area contributed by atoms with Gasteiger partial charge in [0, 0.05) is 18.6 Å². The topological polar surface area (TPSA) is 4.44 Å². The van der Waals surface area contributed by atoms with Crippen molar-refractivity contribution in [1.29, 1.82) is 0 Å². The number of alkyl halides is 6. The summed E-state index contributed by atoms with van der Waals surface area (Å²) in [4.78, 5) is -1.51. The molecule has 1 N–H and O–H groups in total. The quantitative estimate of drug-likeness (QED) is 0.0488. The van der Waals surface area contributed by atoms with Crippen LogP contribution in [0.5, 0.6) is 0 Å². The van der Waals surface area contributed by atoms with Gasteiger partial charge in [-0.1, -0.05) is 125 Å². The maximum Gasteiger partial charge on any atom is 0.464 e. The lowest BCUT2D eigenvalue weighted by Gasteiger charge is -2.40. The fourth-order valence-corrected chi connectivity index (χ4v) is 6.32. The molecule has 0 fully saturated rings. The summed E-state index contributed by atoms with van der Waals surface area (Å²) in [5, 5.41) is 0. The Kier molecular flexibility index (Phi) is 21.6. The number of hydrogen-bond donors (Lipinski definition) is 1. The zero-order valence-electron chi connectivity index (χ0n) is 29.0. The Morgan fingerprint density at radius 1 is 0.578 bits per heavy atom. The fraction of sp³-hybridized carbons (Fsp3) is 0.829. The Morgan fingerprint density at radius 3 is 1.44 bits per heavy atom. The molecule has 0 aliphatic heterocycles. The van der Waals surface area contributed by atoms with Crippen molar-refractivity contribution in [2.24, 2.45) is 0 Å². The SMILES string of the molecule is CCCCCCC(F)(F)C(F)(F)C(F)(F)[NH+](CCCC)c1cccc(F)c1F.CCCC[B-](CCCC)(CCCC)CCCC. The van der Waals surface area contributed by atoms with Crippen molar-refractivity contribution in [2.45, 2.75) is 181 Å². The molecule has 0 radical (unpaired) electrons. The molecular weight excluding hydrogens is 597 g/mol. The number of benzene rings is 1. The molecule has 1 aromatic carbocycles. The monoisotopic (exact) mass is 659 g/mol. The Labute approximate surface area is 269 Å². The second kappa shape index (κ2) is 22.3. The van der Waals surface area contributed by atoms with Crippen LogP contribution >= 0.6 is 0 Å². The van der Waals surface area contributed by atoms with Gasteiger partial charge in [-0.2, -0.15) is 47.2 Å². The van der Waals surface area contributed by atoms with Crippen molar-refractivity contribution < 1.29 is 40.0 Å². The molecule has 0 spiro atoms. The van der Waals surface area contributed by atoms with E-state index in [1.54, 1.807) is 39.1 Å². The Bertz CT molecular complexity index is 859. The number of rotatable bonds is 24. The first kappa shape index (κ1) is 43.7. The van der Waals surface area contributed by atoms with Crippen molar-refractivity contribution in [3.8, 4) is 0 Å². The summed E-state index contributed by atoms with van der Waals surface area (Å²) < 4.78 is 114. The van der Waals surface area contributed by atoms with Crippen LogP contribution in [-0.4, -0.2) is 30.6 Å². The molecule has 0 saturated carbocycles. The minimum atomic E-state index is -5.74. The largest absolute Gasteiger partial charge is 0.464 e. The van der Waals surface area contributed by atoms with Gasteiger partial charge >= 0.3 is 17.9 Å². The lowest BCUT2D eigenvalue weighted by molar-refractivity contribution is -0.949. The van der Waals surface area contributed by atoms with Gasteiger partial charge in [-0.05, 0) is 18.9 Å². The van der Waals surface area contributed by atoms with Crippen LogP contribution in [-0.2, 0) is 0 Å². The van der Waals surface area contributed by atoms with Crippen molar-refractivity contribution in [3.63, 3.8) is 0 Å². The molecule has 0 aliphatic rings. The van der Waals surface area contributed by atoms with E-state index in [1.807, 2.05) is 0 Å². The number of nitrogens with one attached hydrogen (secondary N) is 1. The number of hydrogen-bond acceptors (Lipinski definition) is 0. The second-order valence-corrected chi connectivity index (χ2v) is 13.1. The smallest absolute Gasteiger partial charge is 0.234 e. The van der Waals surface area contributed by atoms with Gasteiger partial charge in [-0.15, -0.1) is 8.78 Å². The predicted octanol–water partition coefficient (Wildman–Crippen LogP) is 12.8. The molecule has 1 nitrogen and oxygen atoms in total. The van der Waals surface area contributed by atoms with Crippen molar-refractivity contribution >= 4 is 11.8 Å². The third kappa shape index (κ3) is 13.7. The average molecular weight is 660 g/mol. The molecule has 0 saturated heterocycles. The highest BCUT2D eigenvalue weighted by Gasteiger charge is 2.77. The van der Waals surface area contributed by atoms with Gasteiger partial charge in [-0.3, -0.25) is 0 Å². The van der Waals surface area contributed by atoms with Gasteiger partial charge < -0.3 is 0 Å². The predicted molar refractivity (Wildman–Crippen MR) is 175 cm³/mol. The minimum absolute atomic E-state index is 0.00722. The average Bonchev–Trinajstić information content (AvgIpc) is 3.00. The Hall–Kier alpha value is -1.32. The third-order valence-corrected chi connectivity index (χ3v) is 9.31. The maximum atomic E-state index is 14.7. The molecule has 0 amide bonds. The van der Waals surface area contributed by atoms with E-state index < -0.39 is 53.1 Å². The van der Waals surface area contributed by atoms with Crippen LogP contribution in [0.15, 0.2) is 18.2 Å². The first-order valence-electron chi connectivity index (χ1n) is 17.8. The molecule has 1 aromatic rings. The van der Waals surface area contributed by atoms with Crippen LogP contribution < -0.4 is 4.90 Å². The highest BCUT2D eigenvalue weighted by Crippen LogP contribution is 2.46. The lowest BCUT2D eigenvalue weighted by atomic mass is 9.17. The van der Waals surface area contributed by atoms with Gasteiger partial charge in [0.25, 0.3) is 0 Å². The number of halogens is 8. The third-order valence-electron chi connectivity index (χ3n) is 9.31. The summed E-state index contributed by atoms with van der Waals surface area (Å²) in [6, 6.07) is -3.14. The zero-order valence-corrected chi connectivity index (χ0v) is 29.0. The van der Waals surface area contributed by atoms with Crippen LogP contribution in [0.25, 0.3) is 0 Å². The number of unbranched alkanes of at least 4 members (excludes halogenated alkanes) is 8. The Balaban J connectivity index is 0.000000976. The van der Waals surface area contributed by atoms with Gasteiger partial charge in [0.15, 0.2) is 11.5 Å². The van der Waals surface area contributed by atoms with Crippen LogP contribution in [0.3, 0.4) is 0 Å². The van der Waals surface area contributed by atoms with Gasteiger partial charge in [0.05, 0.1) is 6.54 Å². The molecule has 45 heavy (non-hydrogen) atoms. The maximum absolute atomic E-state index is 14.7. The van der Waals surface area contributed by atoms with Crippen LogP contribution in [0.2, 0.25) is 25.3 Å². The van der Waals surface area contributed by atoms with Crippen LogP contribution in [0, 0.1) is 11.6 Å². The lowest BCUT2D eigenvalue weighted by Crippen LogP contribution is -3.17. The van der Waals surface area contributed by atoms with E-state index in [2.05, 4.69) is 27.7 Å². The summed E-state index contributed by atoms with van der Waals surface area (Å²) in [5.41, 5.74) is -1.10. The molecule has 10 heteroatoms. The molecule has 266 valence electrons. The summed E-state index contributed by atoms with van der Waals surface area (Å²) in [6.45, 7) is 12.0. The van der Waals surface area contributed by atoms with E-state index >= 15 is 0 Å². The van der Waals surface area contributed by atoms with Crippen LogP contribution in [0.4, 0.5) is 40.8 Å². The molecular formula is C35H62BF8N. The molecule has 1 unspecified atom stereocenters. The van der Waals surface area contributed by atoms with E-state index in [0.717, 1.165) is 6.07 Å². The van der Waals surface area contributed by atoms with Crippen molar-refractivity contribution in [3.05, 3.63) is 29.8 Å². The first-order chi connectivity index (χ1) is 21.2. The molecule has 0 aliphatic carbocycles. The second-order valence-electron chi connectivity index (χ2n) is 13.1. The van der Waals surface area contributed by atoms with Crippen molar-refractivity contribution in [2.75, 3.05) is 6.54 Å². The molecule has 1 atom stereocenters. The molecule has 0 aromatic heterocycles. The van der Waals surface area contributed by atoms with Gasteiger partial charge in [0.1, 0.15) is 0 Å². The zero-order chi connectivity index (χ0) is 34.6. The summed E-state index contributed by atoms with van der Waals surface area (Å²) in [7, 11) is 0. The summed E-state index contributed by atoms with van der Waals surface area (Å²) in [6.07, 6.45) is 17.4. The summed E-state index contributed by atoms with van der Waals surface area (Å²) >= 11 is 0. The van der Waals surface area contributed by atoms with Gasteiger partial charge in [0.2, 0.25) is 5.82 Å². The Morgan fingerprint density at radius 2 is 1.02 bits per heavy atom. The van der Waals surface area contributed by atoms with E-state index in [9.17, 15) is 35.1 Å².